The lowest BCUT2D eigenvalue weighted by atomic mass is 10.0. The second kappa shape index (κ2) is 8.68. The second-order valence-electron chi connectivity index (χ2n) is 6.14. The Morgan fingerprint density at radius 2 is 2.07 bits per heavy atom. The predicted molar refractivity (Wildman–Crippen MR) is 108 cm³/mol. The van der Waals surface area contributed by atoms with Gasteiger partial charge in [-0.2, -0.15) is 5.26 Å². The Kier molecular flexibility index (Phi) is 6.07. The maximum Gasteiger partial charge on any atom is 0.290 e. The van der Waals surface area contributed by atoms with Gasteiger partial charge in [-0.05, 0) is 48.9 Å². The van der Waals surface area contributed by atoms with Crippen LogP contribution in [0.3, 0.4) is 0 Å². The average molecular weight is 410 g/mol. The van der Waals surface area contributed by atoms with Gasteiger partial charge in [-0.15, -0.1) is 0 Å². The normalized spacial score (nSPS) is 13.7. The summed E-state index contributed by atoms with van der Waals surface area (Å²) in [5, 5.41) is 19.2. The molecule has 1 aliphatic rings. The highest BCUT2D eigenvalue weighted by Gasteiger charge is 2.23. The minimum absolute atomic E-state index is 0.0862. The van der Waals surface area contributed by atoms with Gasteiger partial charge >= 0.3 is 0 Å². The summed E-state index contributed by atoms with van der Waals surface area (Å²) >= 11 is 0. The molecule has 4 rings (SSSR count). The standard InChI is InChI=1S/C19H16N4O2S.CH2O2/c20-12-14-3-1-4-16(11-14)26(24,25)23-13-17(15-6-9-21-10-7-15)19-18(23)5-2-8-22-19;2-1-3/h1-6,8,11,13,21H,7,9-10H2;1H,(H,2,3). The molecular weight excluding hydrogens is 392 g/mol. The van der Waals surface area contributed by atoms with Crippen LogP contribution in [0, 0.1) is 11.3 Å². The molecule has 1 aliphatic heterocycles. The van der Waals surface area contributed by atoms with E-state index in [4.69, 9.17) is 15.2 Å². The third-order valence-corrected chi connectivity index (χ3v) is 6.12. The molecular formula is C20H18N4O4S. The fraction of sp³-hybridized carbons (Fsp3) is 0.150. The molecule has 2 N–H and O–H groups in total. The van der Waals surface area contributed by atoms with E-state index in [-0.39, 0.29) is 11.4 Å². The first kappa shape index (κ1) is 20.3. The molecule has 2 aromatic heterocycles. The topological polar surface area (TPSA) is 125 Å². The number of nitrogens with zero attached hydrogens (tertiary/aromatic N) is 3. The summed E-state index contributed by atoms with van der Waals surface area (Å²) in [6.07, 6.45) is 6.20. The van der Waals surface area contributed by atoms with Crippen LogP contribution in [0.2, 0.25) is 0 Å². The smallest absolute Gasteiger partial charge is 0.290 e. The summed E-state index contributed by atoms with van der Waals surface area (Å²) in [5.41, 5.74) is 3.43. The third-order valence-electron chi connectivity index (χ3n) is 4.46. The molecule has 0 amide bonds. The molecule has 0 bridgehead atoms. The number of hydrogen-bond donors (Lipinski definition) is 2. The van der Waals surface area contributed by atoms with E-state index in [0.717, 1.165) is 30.6 Å². The van der Waals surface area contributed by atoms with Gasteiger partial charge in [0.2, 0.25) is 0 Å². The number of hydrogen-bond acceptors (Lipinski definition) is 6. The SMILES string of the molecule is N#Cc1cccc(S(=O)(=O)n2cc(C3=CCNCC3)c3ncccc32)c1.O=CO. The zero-order valence-electron chi connectivity index (χ0n) is 15.3. The lowest BCUT2D eigenvalue weighted by molar-refractivity contribution is -0.122. The predicted octanol–water partition coefficient (Wildman–Crippen LogP) is 2.22. The molecule has 148 valence electrons. The molecule has 0 radical (unpaired) electrons. The van der Waals surface area contributed by atoms with E-state index < -0.39 is 10.0 Å². The summed E-state index contributed by atoms with van der Waals surface area (Å²) < 4.78 is 27.7. The largest absolute Gasteiger partial charge is 0.483 e. The number of carboxylic acid groups (broad SMARTS) is 1. The van der Waals surface area contributed by atoms with E-state index >= 15 is 0 Å². The zero-order chi connectivity index (χ0) is 20.9. The van der Waals surface area contributed by atoms with Crippen molar-refractivity contribution in [1.29, 1.82) is 5.26 Å². The van der Waals surface area contributed by atoms with Crippen LogP contribution in [0.15, 0.2) is 59.8 Å². The van der Waals surface area contributed by atoms with Gasteiger partial charge in [-0.3, -0.25) is 9.78 Å². The first-order valence-electron chi connectivity index (χ1n) is 8.72. The molecule has 0 fully saturated rings. The van der Waals surface area contributed by atoms with Gasteiger partial charge in [0.1, 0.15) is 0 Å². The Labute approximate surface area is 167 Å². The van der Waals surface area contributed by atoms with Crippen molar-refractivity contribution in [3.63, 3.8) is 0 Å². The van der Waals surface area contributed by atoms with Gasteiger partial charge in [-0.1, -0.05) is 12.1 Å². The van der Waals surface area contributed by atoms with Crippen LogP contribution in [0.25, 0.3) is 16.6 Å². The van der Waals surface area contributed by atoms with Crippen molar-refractivity contribution in [2.45, 2.75) is 11.3 Å². The molecule has 0 saturated carbocycles. The molecule has 0 aliphatic carbocycles. The van der Waals surface area contributed by atoms with E-state index in [2.05, 4.69) is 16.4 Å². The van der Waals surface area contributed by atoms with Crippen molar-refractivity contribution in [3.8, 4) is 6.07 Å². The molecule has 3 aromatic rings. The van der Waals surface area contributed by atoms with Crippen molar-refractivity contribution >= 4 is 33.1 Å². The highest BCUT2D eigenvalue weighted by Crippen LogP contribution is 2.31. The van der Waals surface area contributed by atoms with Crippen molar-refractivity contribution in [3.05, 3.63) is 66.0 Å². The number of carbonyl (C=O) groups is 1. The third kappa shape index (κ3) is 4.03. The minimum atomic E-state index is -3.83. The number of nitriles is 1. The van der Waals surface area contributed by atoms with Crippen LogP contribution in [0.5, 0.6) is 0 Å². The lowest BCUT2D eigenvalue weighted by Gasteiger charge is -2.12. The maximum atomic E-state index is 13.2. The Balaban J connectivity index is 0.000000755. The van der Waals surface area contributed by atoms with Crippen molar-refractivity contribution < 1.29 is 18.3 Å². The lowest BCUT2D eigenvalue weighted by Crippen LogP contribution is -2.20. The molecule has 0 atom stereocenters. The quantitative estimate of drug-likeness (QED) is 0.634. The maximum absolute atomic E-state index is 13.2. The molecule has 29 heavy (non-hydrogen) atoms. The highest BCUT2D eigenvalue weighted by molar-refractivity contribution is 7.90. The fourth-order valence-electron chi connectivity index (χ4n) is 3.17. The number of aromatic nitrogens is 2. The van der Waals surface area contributed by atoms with Crippen molar-refractivity contribution in [2.24, 2.45) is 0 Å². The summed E-state index contributed by atoms with van der Waals surface area (Å²) in [4.78, 5) is 12.9. The van der Waals surface area contributed by atoms with E-state index in [1.807, 2.05) is 6.07 Å². The van der Waals surface area contributed by atoms with Gasteiger partial charge in [-0.25, -0.2) is 12.4 Å². The summed E-state index contributed by atoms with van der Waals surface area (Å²) in [6.45, 7) is 1.36. The van der Waals surface area contributed by atoms with Crippen molar-refractivity contribution in [2.75, 3.05) is 13.1 Å². The molecule has 3 heterocycles. The molecule has 9 heteroatoms. The number of pyridine rings is 1. The Morgan fingerprint density at radius 3 is 2.76 bits per heavy atom. The Bertz CT molecular complexity index is 1220. The van der Waals surface area contributed by atoms with Crippen LogP contribution in [-0.2, 0) is 14.8 Å². The van der Waals surface area contributed by atoms with Crippen LogP contribution in [-0.4, -0.2) is 42.0 Å². The molecule has 0 saturated heterocycles. The summed E-state index contributed by atoms with van der Waals surface area (Å²) in [6, 6.07) is 11.5. The molecule has 0 unspecified atom stereocenters. The van der Waals surface area contributed by atoms with Gasteiger partial charge in [0.25, 0.3) is 16.5 Å². The zero-order valence-corrected chi connectivity index (χ0v) is 16.1. The molecule has 1 aromatic carbocycles. The first-order chi connectivity index (χ1) is 14.0. The number of nitrogens with one attached hydrogen (secondary N) is 1. The van der Waals surface area contributed by atoms with Crippen LogP contribution >= 0.6 is 0 Å². The van der Waals surface area contributed by atoms with Gasteiger partial charge in [0.15, 0.2) is 0 Å². The Morgan fingerprint density at radius 1 is 1.28 bits per heavy atom. The monoisotopic (exact) mass is 410 g/mol. The van der Waals surface area contributed by atoms with E-state index in [1.54, 1.807) is 36.7 Å². The Hall–Kier alpha value is -3.48. The van der Waals surface area contributed by atoms with E-state index in [1.165, 1.54) is 16.1 Å². The van der Waals surface area contributed by atoms with Crippen LogP contribution in [0.1, 0.15) is 17.5 Å². The second-order valence-corrected chi connectivity index (χ2v) is 7.96. The van der Waals surface area contributed by atoms with Gasteiger partial charge in [0, 0.05) is 24.5 Å². The summed E-state index contributed by atoms with van der Waals surface area (Å²) in [7, 11) is -3.83. The fourth-order valence-corrected chi connectivity index (χ4v) is 4.57. The minimum Gasteiger partial charge on any atom is -0.483 e. The summed E-state index contributed by atoms with van der Waals surface area (Å²) in [5.74, 6) is 0. The first-order valence-corrected chi connectivity index (χ1v) is 10.2. The van der Waals surface area contributed by atoms with Gasteiger partial charge < -0.3 is 10.4 Å². The highest BCUT2D eigenvalue weighted by atomic mass is 32.2. The van der Waals surface area contributed by atoms with E-state index in [9.17, 15) is 8.42 Å². The van der Waals surface area contributed by atoms with Gasteiger partial charge in [0.05, 0.1) is 27.6 Å². The number of rotatable bonds is 3. The molecule has 8 nitrogen and oxygen atoms in total. The molecule has 0 spiro atoms. The number of fused-ring (bicyclic) bond motifs is 1. The van der Waals surface area contributed by atoms with Crippen molar-refractivity contribution in [1.82, 2.24) is 14.3 Å². The average Bonchev–Trinajstić information content (AvgIpc) is 3.15. The van der Waals surface area contributed by atoms with Crippen LogP contribution in [0.4, 0.5) is 0 Å². The van der Waals surface area contributed by atoms with Crippen LogP contribution < -0.4 is 5.32 Å². The van der Waals surface area contributed by atoms with E-state index in [0.29, 0.717) is 16.6 Å². The number of benzene rings is 1.